The Morgan fingerprint density at radius 2 is 2.00 bits per heavy atom. The van der Waals surface area contributed by atoms with Crippen LogP contribution in [0, 0.1) is 0 Å². The minimum Gasteiger partial charge on any atom is -0.497 e. The second-order valence-electron chi connectivity index (χ2n) is 5.70. The van der Waals surface area contributed by atoms with Crippen LogP contribution in [0.3, 0.4) is 0 Å². The highest BCUT2D eigenvalue weighted by Gasteiger charge is 2.31. The number of hydrogen-bond donors (Lipinski definition) is 2. The van der Waals surface area contributed by atoms with Gasteiger partial charge >= 0.3 is 0 Å². The van der Waals surface area contributed by atoms with Gasteiger partial charge in [0, 0.05) is 24.1 Å². The molecule has 0 aliphatic heterocycles. The zero-order valence-electron chi connectivity index (χ0n) is 12.8. The van der Waals surface area contributed by atoms with Gasteiger partial charge in [-0.3, -0.25) is 4.79 Å². The van der Waals surface area contributed by atoms with Crippen LogP contribution in [0.25, 0.3) is 0 Å². The molecule has 1 aliphatic carbocycles. The molecule has 0 heterocycles. The average Bonchev–Trinajstić information content (AvgIpc) is 2.90. The summed E-state index contributed by atoms with van der Waals surface area (Å²) in [5.74, 6) is 1.47. The van der Waals surface area contributed by atoms with Crippen molar-refractivity contribution in [3.8, 4) is 11.5 Å². The molecule has 0 atom stereocenters. The Morgan fingerprint density at radius 1 is 1.29 bits per heavy atom. The zero-order chi connectivity index (χ0) is 15.3. The lowest BCUT2D eigenvalue weighted by Crippen LogP contribution is -2.42. The molecule has 1 amide bonds. The largest absolute Gasteiger partial charge is 0.497 e. The molecule has 0 bridgehead atoms. The van der Waals surface area contributed by atoms with Gasteiger partial charge in [0.15, 0.2) is 0 Å². The molecule has 0 unspecified atom stereocenters. The van der Waals surface area contributed by atoms with Gasteiger partial charge in [0.2, 0.25) is 5.91 Å². The van der Waals surface area contributed by atoms with E-state index in [0.717, 1.165) is 42.7 Å². The van der Waals surface area contributed by atoms with Gasteiger partial charge in [-0.2, -0.15) is 0 Å². The number of carbonyl (C=O) groups is 1. The summed E-state index contributed by atoms with van der Waals surface area (Å²) in [6.45, 7) is 0.412. The third-order valence-corrected chi connectivity index (χ3v) is 4.08. The van der Waals surface area contributed by atoms with E-state index in [0.29, 0.717) is 13.0 Å². The van der Waals surface area contributed by atoms with Crippen LogP contribution in [0.15, 0.2) is 18.2 Å². The fourth-order valence-electron chi connectivity index (χ4n) is 2.85. The molecular weight excluding hydrogens is 268 g/mol. The number of benzene rings is 1. The highest BCUT2D eigenvalue weighted by Crippen LogP contribution is 2.30. The Hall–Kier alpha value is -1.75. The summed E-state index contributed by atoms with van der Waals surface area (Å²) in [6, 6.07) is 5.53. The van der Waals surface area contributed by atoms with Crippen LogP contribution < -0.4 is 20.5 Å². The average molecular weight is 292 g/mol. The van der Waals surface area contributed by atoms with Crippen LogP contribution in [-0.4, -0.2) is 25.7 Å². The van der Waals surface area contributed by atoms with Gasteiger partial charge in [-0.25, -0.2) is 0 Å². The third kappa shape index (κ3) is 4.11. The van der Waals surface area contributed by atoms with Gasteiger partial charge in [-0.1, -0.05) is 12.8 Å². The molecule has 5 heteroatoms. The topological polar surface area (TPSA) is 73.6 Å². The van der Waals surface area contributed by atoms with Crippen molar-refractivity contribution in [3.63, 3.8) is 0 Å². The first-order valence-corrected chi connectivity index (χ1v) is 7.33. The number of methoxy groups -OCH3 is 2. The van der Waals surface area contributed by atoms with Crippen molar-refractivity contribution in [2.75, 3.05) is 14.2 Å². The summed E-state index contributed by atoms with van der Waals surface area (Å²) in [6.07, 6.45) is 4.49. The van der Waals surface area contributed by atoms with Gasteiger partial charge < -0.3 is 20.5 Å². The van der Waals surface area contributed by atoms with Crippen molar-refractivity contribution >= 4 is 5.91 Å². The van der Waals surface area contributed by atoms with E-state index in [-0.39, 0.29) is 11.4 Å². The Balaban J connectivity index is 1.94. The lowest BCUT2D eigenvalue weighted by molar-refractivity contribution is -0.122. The Labute approximate surface area is 125 Å². The molecule has 1 saturated carbocycles. The number of hydrogen-bond acceptors (Lipinski definition) is 4. The summed E-state index contributed by atoms with van der Waals surface area (Å²) in [5.41, 5.74) is 6.80. The first-order valence-electron chi connectivity index (χ1n) is 7.33. The fraction of sp³-hybridized carbons (Fsp3) is 0.562. The maximum atomic E-state index is 12.1. The minimum atomic E-state index is -0.317. The number of nitrogens with one attached hydrogen (secondary N) is 1. The lowest BCUT2D eigenvalue weighted by Gasteiger charge is -2.22. The van der Waals surface area contributed by atoms with Gasteiger partial charge in [0.1, 0.15) is 11.5 Å². The van der Waals surface area contributed by atoms with Crippen LogP contribution in [-0.2, 0) is 11.3 Å². The van der Waals surface area contributed by atoms with Crippen LogP contribution in [0.4, 0.5) is 0 Å². The monoisotopic (exact) mass is 292 g/mol. The normalized spacial score (nSPS) is 16.5. The molecule has 0 radical (unpaired) electrons. The second-order valence-corrected chi connectivity index (χ2v) is 5.70. The molecule has 1 aliphatic rings. The highest BCUT2D eigenvalue weighted by molar-refractivity contribution is 5.77. The van der Waals surface area contributed by atoms with E-state index >= 15 is 0 Å². The van der Waals surface area contributed by atoms with Crippen LogP contribution in [0.1, 0.15) is 37.7 Å². The number of nitrogens with two attached hydrogens (primary N) is 1. The van der Waals surface area contributed by atoms with E-state index in [1.54, 1.807) is 14.2 Å². The maximum Gasteiger partial charge on any atom is 0.222 e. The zero-order valence-corrected chi connectivity index (χ0v) is 12.8. The summed E-state index contributed by atoms with van der Waals surface area (Å²) in [4.78, 5) is 12.1. The highest BCUT2D eigenvalue weighted by atomic mass is 16.5. The predicted molar refractivity (Wildman–Crippen MR) is 81.4 cm³/mol. The Kier molecular flexibility index (Phi) is 5.07. The summed E-state index contributed by atoms with van der Waals surface area (Å²) in [5, 5.41) is 2.92. The van der Waals surface area contributed by atoms with Crippen LogP contribution in [0.5, 0.6) is 11.5 Å². The molecule has 21 heavy (non-hydrogen) atoms. The Bertz CT molecular complexity index is 496. The number of ether oxygens (including phenoxy) is 2. The van der Waals surface area contributed by atoms with E-state index in [1.165, 1.54) is 0 Å². The lowest BCUT2D eigenvalue weighted by atomic mass is 9.94. The Morgan fingerprint density at radius 3 is 2.62 bits per heavy atom. The first kappa shape index (κ1) is 15.6. The van der Waals surface area contributed by atoms with Crippen molar-refractivity contribution in [3.05, 3.63) is 23.8 Å². The quantitative estimate of drug-likeness (QED) is 0.841. The number of amides is 1. The third-order valence-electron chi connectivity index (χ3n) is 4.08. The van der Waals surface area contributed by atoms with E-state index in [2.05, 4.69) is 5.32 Å². The number of rotatable bonds is 6. The van der Waals surface area contributed by atoms with Crippen LogP contribution in [0.2, 0.25) is 0 Å². The molecule has 0 spiro atoms. The van der Waals surface area contributed by atoms with Crippen molar-refractivity contribution in [1.29, 1.82) is 0 Å². The van der Waals surface area contributed by atoms with Gasteiger partial charge in [-0.05, 0) is 31.0 Å². The van der Waals surface area contributed by atoms with Gasteiger partial charge in [0.05, 0.1) is 14.2 Å². The molecule has 5 nitrogen and oxygen atoms in total. The SMILES string of the molecule is COc1ccc(OC)c(CNC(=O)CC2(N)CCCC2)c1. The van der Waals surface area contributed by atoms with E-state index in [4.69, 9.17) is 15.2 Å². The van der Waals surface area contributed by atoms with E-state index < -0.39 is 0 Å². The molecule has 3 N–H and O–H groups in total. The smallest absolute Gasteiger partial charge is 0.222 e. The summed E-state index contributed by atoms with van der Waals surface area (Å²) in [7, 11) is 3.23. The first-order chi connectivity index (χ1) is 10.1. The minimum absolute atomic E-state index is 0.00993. The van der Waals surface area contributed by atoms with Crippen molar-refractivity contribution < 1.29 is 14.3 Å². The van der Waals surface area contributed by atoms with Gasteiger partial charge in [-0.15, -0.1) is 0 Å². The summed E-state index contributed by atoms with van der Waals surface area (Å²) >= 11 is 0. The van der Waals surface area contributed by atoms with Crippen molar-refractivity contribution in [2.45, 2.75) is 44.2 Å². The maximum absolute atomic E-state index is 12.1. The van der Waals surface area contributed by atoms with Crippen LogP contribution >= 0.6 is 0 Å². The summed E-state index contributed by atoms with van der Waals surface area (Å²) < 4.78 is 10.5. The second kappa shape index (κ2) is 6.80. The standard InChI is InChI=1S/C16H24N2O3/c1-20-13-5-6-14(21-2)12(9-13)11-18-15(19)10-16(17)7-3-4-8-16/h5-6,9H,3-4,7-8,10-11,17H2,1-2H3,(H,18,19). The molecule has 0 saturated heterocycles. The molecule has 2 rings (SSSR count). The molecular formula is C16H24N2O3. The molecule has 1 fully saturated rings. The van der Waals surface area contributed by atoms with Crippen molar-refractivity contribution in [1.82, 2.24) is 5.32 Å². The predicted octanol–water partition coefficient (Wildman–Crippen LogP) is 1.98. The molecule has 116 valence electrons. The number of carbonyl (C=O) groups excluding carboxylic acids is 1. The molecule has 1 aromatic rings. The molecule has 1 aromatic carbocycles. The fourth-order valence-corrected chi connectivity index (χ4v) is 2.85. The van der Waals surface area contributed by atoms with Crippen molar-refractivity contribution in [2.24, 2.45) is 5.73 Å². The van der Waals surface area contributed by atoms with E-state index in [1.807, 2.05) is 18.2 Å². The van der Waals surface area contributed by atoms with E-state index in [9.17, 15) is 4.79 Å². The molecule has 0 aromatic heterocycles. The van der Waals surface area contributed by atoms with Gasteiger partial charge in [0.25, 0.3) is 0 Å².